The minimum absolute atomic E-state index is 0.0426. The number of anilines is 1. The second-order valence-electron chi connectivity index (χ2n) is 7.86. The number of hydrogen-bond acceptors (Lipinski definition) is 6. The fourth-order valence-electron chi connectivity index (χ4n) is 3.64. The summed E-state index contributed by atoms with van der Waals surface area (Å²) in [4.78, 5) is 38.0. The average Bonchev–Trinajstić information content (AvgIpc) is 2.79. The maximum atomic E-state index is 13.5. The quantitative estimate of drug-likeness (QED) is 0.380. The van der Waals surface area contributed by atoms with Crippen LogP contribution in [0.5, 0.6) is 0 Å². The van der Waals surface area contributed by atoms with Crippen molar-refractivity contribution in [1.29, 1.82) is 0 Å². The highest BCUT2D eigenvalue weighted by molar-refractivity contribution is 7.92. The summed E-state index contributed by atoms with van der Waals surface area (Å²) < 4.78 is 26.1. The van der Waals surface area contributed by atoms with Gasteiger partial charge in [-0.25, -0.2) is 8.42 Å². The first kappa shape index (κ1) is 26.8. The zero-order chi connectivity index (χ0) is 25.5. The van der Waals surface area contributed by atoms with Crippen LogP contribution in [0.15, 0.2) is 48.5 Å². The lowest BCUT2D eigenvalue weighted by Crippen LogP contribution is -2.52. The number of benzene rings is 2. The van der Waals surface area contributed by atoms with Crippen LogP contribution in [-0.2, 0) is 26.0 Å². The number of aryl methyl sites for hydroxylation is 1. The molecule has 0 aliphatic heterocycles. The van der Waals surface area contributed by atoms with Gasteiger partial charge in [0.15, 0.2) is 0 Å². The van der Waals surface area contributed by atoms with E-state index in [1.54, 1.807) is 13.8 Å². The number of likely N-dealkylation sites (N-methyl/N-ethyl adjacent to an activating group) is 1. The first-order chi connectivity index (χ1) is 16.0. The molecule has 1 atom stereocenters. The first-order valence-electron chi connectivity index (χ1n) is 10.8. The number of nitrogens with zero attached hydrogens (tertiary/aromatic N) is 3. The smallest absolute Gasteiger partial charge is 0.271 e. The van der Waals surface area contributed by atoms with Gasteiger partial charge in [-0.05, 0) is 30.9 Å². The van der Waals surface area contributed by atoms with E-state index in [4.69, 9.17) is 0 Å². The van der Waals surface area contributed by atoms with Crippen molar-refractivity contribution in [1.82, 2.24) is 10.2 Å². The number of carbonyl (C=O) groups is 2. The van der Waals surface area contributed by atoms with E-state index < -0.39 is 33.4 Å². The van der Waals surface area contributed by atoms with Gasteiger partial charge in [-0.2, -0.15) is 0 Å². The van der Waals surface area contributed by atoms with Gasteiger partial charge in [-0.1, -0.05) is 43.3 Å². The summed E-state index contributed by atoms with van der Waals surface area (Å²) in [6.45, 7) is 2.97. The molecule has 2 aromatic carbocycles. The monoisotopic (exact) mass is 490 g/mol. The van der Waals surface area contributed by atoms with Crippen molar-refractivity contribution in [3.05, 3.63) is 69.8 Å². The molecule has 34 heavy (non-hydrogen) atoms. The molecule has 0 aliphatic carbocycles. The minimum Gasteiger partial charge on any atom is -0.357 e. The van der Waals surface area contributed by atoms with Gasteiger partial charge in [0.1, 0.15) is 12.6 Å². The molecule has 2 amide bonds. The van der Waals surface area contributed by atoms with Gasteiger partial charge in [0.2, 0.25) is 21.8 Å². The van der Waals surface area contributed by atoms with E-state index in [1.165, 1.54) is 24.1 Å². The predicted octanol–water partition coefficient (Wildman–Crippen LogP) is 2.27. The van der Waals surface area contributed by atoms with E-state index in [1.807, 2.05) is 30.3 Å². The van der Waals surface area contributed by atoms with Crippen molar-refractivity contribution in [3.63, 3.8) is 0 Å². The fraction of sp³-hybridized carbons (Fsp3) is 0.391. The van der Waals surface area contributed by atoms with Crippen molar-refractivity contribution in [3.8, 4) is 0 Å². The van der Waals surface area contributed by atoms with E-state index in [2.05, 4.69) is 5.32 Å². The van der Waals surface area contributed by atoms with Crippen LogP contribution < -0.4 is 9.62 Å². The summed E-state index contributed by atoms with van der Waals surface area (Å²) in [5.41, 5.74) is 1.17. The Balaban J connectivity index is 2.43. The number of non-ortho nitro benzene ring substituents is 1. The van der Waals surface area contributed by atoms with E-state index >= 15 is 0 Å². The molecule has 10 nitrogen and oxygen atoms in total. The maximum absolute atomic E-state index is 13.5. The molecule has 11 heteroatoms. The summed E-state index contributed by atoms with van der Waals surface area (Å²) in [5, 5.41) is 13.8. The molecule has 2 rings (SSSR count). The highest BCUT2D eigenvalue weighted by Gasteiger charge is 2.31. The normalized spacial score (nSPS) is 12.0. The van der Waals surface area contributed by atoms with Crippen molar-refractivity contribution >= 4 is 33.2 Å². The SMILES string of the molecule is CCC(C(=O)NC)N(CCc1ccccc1)C(=O)CN(c1cc([N+](=O)[O-])ccc1C)S(C)(=O)=O. The molecule has 1 unspecified atom stereocenters. The Labute approximate surface area is 199 Å². The third kappa shape index (κ3) is 6.77. The maximum Gasteiger partial charge on any atom is 0.271 e. The van der Waals surface area contributed by atoms with Crippen LogP contribution in [0, 0.1) is 17.0 Å². The predicted molar refractivity (Wildman–Crippen MR) is 130 cm³/mol. The molecule has 0 bridgehead atoms. The fourth-order valence-corrected chi connectivity index (χ4v) is 4.54. The Morgan fingerprint density at radius 1 is 1.15 bits per heavy atom. The van der Waals surface area contributed by atoms with Crippen LogP contribution in [-0.4, -0.2) is 62.5 Å². The van der Waals surface area contributed by atoms with Crippen LogP contribution in [0.1, 0.15) is 24.5 Å². The second-order valence-corrected chi connectivity index (χ2v) is 9.77. The summed E-state index contributed by atoms with van der Waals surface area (Å²) in [5.74, 6) is -0.941. The molecule has 1 N–H and O–H groups in total. The summed E-state index contributed by atoms with van der Waals surface area (Å²) in [7, 11) is -2.50. The van der Waals surface area contributed by atoms with Crippen molar-refractivity contribution in [2.75, 3.05) is 30.7 Å². The number of nitro groups is 1. The van der Waals surface area contributed by atoms with Gasteiger partial charge in [0.25, 0.3) is 5.69 Å². The lowest BCUT2D eigenvalue weighted by Gasteiger charge is -2.32. The molecule has 184 valence electrons. The molecule has 0 heterocycles. The standard InChI is InChI=1S/C23H30N4O6S/c1-5-20(23(29)24-3)25(14-13-18-9-7-6-8-10-18)22(28)16-26(34(4,32)33)21-15-19(27(30)31)12-11-17(21)2/h6-12,15,20H,5,13-14,16H2,1-4H3,(H,24,29). The van der Waals surface area contributed by atoms with Crippen LogP contribution in [0.4, 0.5) is 11.4 Å². The zero-order valence-corrected chi connectivity index (χ0v) is 20.5. The van der Waals surface area contributed by atoms with Gasteiger partial charge < -0.3 is 10.2 Å². The number of nitro benzene ring substituents is 1. The Morgan fingerprint density at radius 3 is 2.32 bits per heavy atom. The molecule has 0 aliphatic rings. The van der Waals surface area contributed by atoms with Crippen LogP contribution >= 0.6 is 0 Å². The summed E-state index contributed by atoms with van der Waals surface area (Å²) in [6, 6.07) is 12.5. The highest BCUT2D eigenvalue weighted by Crippen LogP contribution is 2.27. The van der Waals surface area contributed by atoms with E-state index in [-0.39, 0.29) is 23.8 Å². The van der Waals surface area contributed by atoms with Crippen molar-refractivity contribution in [2.45, 2.75) is 32.7 Å². The topological polar surface area (TPSA) is 130 Å². The third-order valence-electron chi connectivity index (χ3n) is 5.47. The van der Waals surface area contributed by atoms with Gasteiger partial charge in [0.05, 0.1) is 16.9 Å². The number of sulfonamides is 1. The molecule has 0 spiro atoms. The minimum atomic E-state index is -3.97. The third-order valence-corrected chi connectivity index (χ3v) is 6.59. The van der Waals surface area contributed by atoms with E-state index in [0.29, 0.717) is 18.4 Å². The average molecular weight is 491 g/mol. The van der Waals surface area contributed by atoms with E-state index in [9.17, 15) is 28.1 Å². The first-order valence-corrected chi connectivity index (χ1v) is 12.6. The Kier molecular flexibility index (Phi) is 9.13. The number of nitrogens with one attached hydrogen (secondary N) is 1. The lowest BCUT2D eigenvalue weighted by atomic mass is 10.1. The van der Waals surface area contributed by atoms with Crippen LogP contribution in [0.3, 0.4) is 0 Å². The zero-order valence-electron chi connectivity index (χ0n) is 19.7. The second kappa shape index (κ2) is 11.6. The molecule has 0 fully saturated rings. The van der Waals surface area contributed by atoms with Crippen molar-refractivity contribution < 1.29 is 22.9 Å². The Morgan fingerprint density at radius 2 is 1.79 bits per heavy atom. The van der Waals surface area contributed by atoms with Gasteiger partial charge in [-0.3, -0.25) is 24.0 Å². The van der Waals surface area contributed by atoms with E-state index in [0.717, 1.165) is 22.2 Å². The van der Waals surface area contributed by atoms with Gasteiger partial charge >= 0.3 is 0 Å². The van der Waals surface area contributed by atoms with Crippen molar-refractivity contribution in [2.24, 2.45) is 0 Å². The number of amides is 2. The molecule has 2 aromatic rings. The number of hydrogen-bond donors (Lipinski definition) is 1. The molecular formula is C23H30N4O6S. The molecule has 0 aromatic heterocycles. The Bertz CT molecular complexity index is 1140. The van der Waals surface area contributed by atoms with Gasteiger partial charge in [0, 0.05) is 25.7 Å². The molecule has 0 saturated carbocycles. The lowest BCUT2D eigenvalue weighted by molar-refractivity contribution is -0.384. The molecule has 0 radical (unpaired) electrons. The van der Waals surface area contributed by atoms with Crippen LogP contribution in [0.2, 0.25) is 0 Å². The number of carbonyl (C=O) groups excluding carboxylic acids is 2. The summed E-state index contributed by atoms with van der Waals surface area (Å²) in [6.07, 6.45) is 1.73. The molecule has 0 saturated heterocycles. The largest absolute Gasteiger partial charge is 0.357 e. The molecular weight excluding hydrogens is 460 g/mol. The Hall–Kier alpha value is -3.47. The highest BCUT2D eigenvalue weighted by atomic mass is 32.2. The number of rotatable bonds is 11. The summed E-state index contributed by atoms with van der Waals surface area (Å²) >= 11 is 0. The van der Waals surface area contributed by atoms with Crippen LogP contribution in [0.25, 0.3) is 0 Å². The van der Waals surface area contributed by atoms with Gasteiger partial charge in [-0.15, -0.1) is 0 Å².